The van der Waals surface area contributed by atoms with Gasteiger partial charge in [-0.1, -0.05) is 12.1 Å². The Labute approximate surface area is 92.1 Å². The standard InChI is InChI=1S/C13H20N2/c1-10-9-12(7-8-15(10)2)11-3-5-13(14)6-4-11/h3-6,10,12H,7-9,14H2,1-2H3. The van der Waals surface area contributed by atoms with Gasteiger partial charge in [0.1, 0.15) is 0 Å². The van der Waals surface area contributed by atoms with Gasteiger partial charge in [-0.25, -0.2) is 0 Å². The molecule has 2 N–H and O–H groups in total. The summed E-state index contributed by atoms with van der Waals surface area (Å²) in [7, 11) is 2.21. The summed E-state index contributed by atoms with van der Waals surface area (Å²) in [6, 6.07) is 9.08. The number of nitrogen functional groups attached to an aromatic ring is 1. The predicted octanol–water partition coefficient (Wildman–Crippen LogP) is 2.47. The van der Waals surface area contributed by atoms with Crippen molar-refractivity contribution >= 4 is 5.69 Å². The minimum Gasteiger partial charge on any atom is -0.399 e. The molecule has 1 aromatic rings. The molecule has 2 nitrogen and oxygen atoms in total. The third-order valence-electron chi connectivity index (χ3n) is 3.62. The van der Waals surface area contributed by atoms with E-state index in [4.69, 9.17) is 5.73 Å². The highest BCUT2D eigenvalue weighted by molar-refractivity contribution is 5.40. The van der Waals surface area contributed by atoms with Crippen molar-refractivity contribution < 1.29 is 0 Å². The third kappa shape index (κ3) is 2.32. The summed E-state index contributed by atoms with van der Waals surface area (Å²) in [5.41, 5.74) is 8.01. The number of hydrogen-bond acceptors (Lipinski definition) is 2. The van der Waals surface area contributed by atoms with Crippen LogP contribution in [0.5, 0.6) is 0 Å². The number of nitrogens with two attached hydrogens (primary N) is 1. The molecule has 2 rings (SSSR count). The Morgan fingerprint density at radius 3 is 2.53 bits per heavy atom. The normalized spacial score (nSPS) is 27.9. The zero-order valence-corrected chi connectivity index (χ0v) is 9.61. The van der Waals surface area contributed by atoms with Gasteiger partial charge in [-0.3, -0.25) is 0 Å². The summed E-state index contributed by atoms with van der Waals surface area (Å²) in [6.45, 7) is 3.51. The summed E-state index contributed by atoms with van der Waals surface area (Å²) < 4.78 is 0. The van der Waals surface area contributed by atoms with Gasteiger partial charge in [0, 0.05) is 11.7 Å². The fourth-order valence-corrected chi connectivity index (χ4v) is 2.36. The second-order valence-corrected chi connectivity index (χ2v) is 4.72. The van der Waals surface area contributed by atoms with E-state index in [-0.39, 0.29) is 0 Å². The maximum Gasteiger partial charge on any atom is 0.0314 e. The lowest BCUT2D eigenvalue weighted by Gasteiger charge is -2.35. The minimum atomic E-state index is 0.696. The lowest BCUT2D eigenvalue weighted by Crippen LogP contribution is -2.36. The van der Waals surface area contributed by atoms with Gasteiger partial charge in [0.2, 0.25) is 0 Å². The Hall–Kier alpha value is -1.02. The Bertz CT molecular complexity index is 318. The van der Waals surface area contributed by atoms with E-state index in [0.717, 1.165) is 11.6 Å². The maximum absolute atomic E-state index is 5.70. The van der Waals surface area contributed by atoms with Crippen LogP contribution >= 0.6 is 0 Å². The van der Waals surface area contributed by atoms with Crippen molar-refractivity contribution in [2.24, 2.45) is 0 Å². The first-order valence-corrected chi connectivity index (χ1v) is 5.72. The summed E-state index contributed by atoms with van der Waals surface area (Å²) in [5, 5.41) is 0. The molecule has 0 aromatic heterocycles. The molecule has 0 saturated carbocycles. The first-order chi connectivity index (χ1) is 7.16. The molecule has 0 radical (unpaired) electrons. The number of benzene rings is 1. The lowest BCUT2D eigenvalue weighted by atomic mass is 9.86. The molecule has 2 unspecified atom stereocenters. The molecule has 82 valence electrons. The van der Waals surface area contributed by atoms with Crippen LogP contribution in [-0.2, 0) is 0 Å². The minimum absolute atomic E-state index is 0.696. The molecule has 15 heavy (non-hydrogen) atoms. The molecule has 1 aromatic carbocycles. The van der Waals surface area contributed by atoms with Crippen molar-refractivity contribution in [3.8, 4) is 0 Å². The number of anilines is 1. The van der Waals surface area contributed by atoms with E-state index in [1.807, 2.05) is 12.1 Å². The van der Waals surface area contributed by atoms with E-state index < -0.39 is 0 Å². The predicted molar refractivity (Wildman–Crippen MR) is 64.9 cm³/mol. The monoisotopic (exact) mass is 204 g/mol. The van der Waals surface area contributed by atoms with Crippen LogP contribution in [0.4, 0.5) is 5.69 Å². The number of rotatable bonds is 1. The largest absolute Gasteiger partial charge is 0.399 e. The highest BCUT2D eigenvalue weighted by Crippen LogP contribution is 2.30. The SMILES string of the molecule is CC1CC(c2ccc(N)cc2)CCN1C. The van der Waals surface area contributed by atoms with Gasteiger partial charge < -0.3 is 10.6 Å². The van der Waals surface area contributed by atoms with E-state index in [0.29, 0.717) is 6.04 Å². The van der Waals surface area contributed by atoms with Crippen molar-refractivity contribution in [3.05, 3.63) is 29.8 Å². The molecule has 0 amide bonds. The Morgan fingerprint density at radius 2 is 1.93 bits per heavy atom. The van der Waals surface area contributed by atoms with Gasteiger partial charge in [0.15, 0.2) is 0 Å². The first kappa shape index (κ1) is 10.5. The van der Waals surface area contributed by atoms with E-state index in [9.17, 15) is 0 Å². The Balaban J connectivity index is 2.08. The fraction of sp³-hybridized carbons (Fsp3) is 0.538. The van der Waals surface area contributed by atoms with Gasteiger partial charge in [-0.2, -0.15) is 0 Å². The Kier molecular flexibility index (Phi) is 2.96. The topological polar surface area (TPSA) is 29.3 Å². The highest BCUT2D eigenvalue weighted by Gasteiger charge is 2.23. The molecular weight excluding hydrogens is 184 g/mol. The van der Waals surface area contributed by atoms with E-state index in [1.54, 1.807) is 0 Å². The molecule has 1 saturated heterocycles. The van der Waals surface area contributed by atoms with Crippen LogP contribution in [0.15, 0.2) is 24.3 Å². The summed E-state index contributed by atoms with van der Waals surface area (Å²) in [4.78, 5) is 2.44. The molecule has 2 atom stereocenters. The van der Waals surface area contributed by atoms with Gasteiger partial charge in [-0.15, -0.1) is 0 Å². The molecule has 1 fully saturated rings. The molecule has 1 aliphatic rings. The molecule has 0 bridgehead atoms. The van der Waals surface area contributed by atoms with Gasteiger partial charge in [-0.05, 0) is 57.0 Å². The van der Waals surface area contributed by atoms with Crippen LogP contribution in [0.3, 0.4) is 0 Å². The fourth-order valence-electron chi connectivity index (χ4n) is 2.36. The third-order valence-corrected chi connectivity index (χ3v) is 3.62. The van der Waals surface area contributed by atoms with Gasteiger partial charge in [0.25, 0.3) is 0 Å². The average molecular weight is 204 g/mol. The van der Waals surface area contributed by atoms with Crippen LogP contribution in [0.1, 0.15) is 31.2 Å². The lowest BCUT2D eigenvalue weighted by molar-refractivity contribution is 0.183. The van der Waals surface area contributed by atoms with Crippen molar-refractivity contribution in [2.75, 3.05) is 19.3 Å². The van der Waals surface area contributed by atoms with E-state index in [2.05, 4.69) is 31.0 Å². The smallest absolute Gasteiger partial charge is 0.0314 e. The van der Waals surface area contributed by atoms with Crippen LogP contribution < -0.4 is 5.73 Å². The van der Waals surface area contributed by atoms with Crippen molar-refractivity contribution in [2.45, 2.75) is 31.7 Å². The average Bonchev–Trinajstić information content (AvgIpc) is 2.23. The zero-order valence-electron chi connectivity index (χ0n) is 9.61. The van der Waals surface area contributed by atoms with Crippen LogP contribution in [-0.4, -0.2) is 24.5 Å². The number of piperidine rings is 1. The van der Waals surface area contributed by atoms with Gasteiger partial charge >= 0.3 is 0 Å². The summed E-state index contributed by atoms with van der Waals surface area (Å²) in [5.74, 6) is 0.719. The van der Waals surface area contributed by atoms with E-state index >= 15 is 0 Å². The molecule has 1 heterocycles. The first-order valence-electron chi connectivity index (χ1n) is 5.72. The molecular formula is C13H20N2. The van der Waals surface area contributed by atoms with Crippen LogP contribution in [0, 0.1) is 0 Å². The second kappa shape index (κ2) is 4.23. The number of likely N-dealkylation sites (tertiary alicyclic amines) is 1. The van der Waals surface area contributed by atoms with Crippen LogP contribution in [0.25, 0.3) is 0 Å². The van der Waals surface area contributed by atoms with Crippen molar-refractivity contribution in [1.82, 2.24) is 4.90 Å². The second-order valence-electron chi connectivity index (χ2n) is 4.72. The van der Waals surface area contributed by atoms with Gasteiger partial charge in [0.05, 0.1) is 0 Å². The maximum atomic E-state index is 5.70. The summed E-state index contributed by atoms with van der Waals surface area (Å²) >= 11 is 0. The molecule has 0 aliphatic carbocycles. The van der Waals surface area contributed by atoms with Crippen molar-refractivity contribution in [1.29, 1.82) is 0 Å². The summed E-state index contributed by atoms with van der Waals surface area (Å²) in [6.07, 6.45) is 2.53. The highest BCUT2D eigenvalue weighted by atomic mass is 15.1. The quantitative estimate of drug-likeness (QED) is 0.712. The van der Waals surface area contributed by atoms with Crippen LogP contribution in [0.2, 0.25) is 0 Å². The number of nitrogens with zero attached hydrogens (tertiary/aromatic N) is 1. The van der Waals surface area contributed by atoms with E-state index in [1.165, 1.54) is 24.9 Å². The Morgan fingerprint density at radius 1 is 1.27 bits per heavy atom. The van der Waals surface area contributed by atoms with Crippen molar-refractivity contribution in [3.63, 3.8) is 0 Å². The molecule has 0 spiro atoms. The molecule has 1 aliphatic heterocycles. The molecule has 2 heteroatoms. The zero-order chi connectivity index (χ0) is 10.8. The number of hydrogen-bond donors (Lipinski definition) is 1.